The van der Waals surface area contributed by atoms with Crippen LogP contribution in [0.4, 0.5) is 0 Å². The third-order valence-electron chi connectivity index (χ3n) is 7.62. The molecule has 3 heterocycles. The SMILES string of the molecule is COc1cc2c(cc1OC)C1CC(COC(=O)C3CCCNC3)C(CC(C)C)CN1CC2. The van der Waals surface area contributed by atoms with Crippen molar-refractivity contribution in [3.8, 4) is 11.5 Å². The highest BCUT2D eigenvalue weighted by atomic mass is 16.5. The molecule has 4 rings (SSSR count). The van der Waals surface area contributed by atoms with Crippen LogP contribution in [0.1, 0.15) is 56.7 Å². The average molecular weight is 445 g/mol. The molecule has 0 saturated carbocycles. The van der Waals surface area contributed by atoms with Gasteiger partial charge in [0.1, 0.15) is 0 Å². The smallest absolute Gasteiger partial charge is 0.310 e. The molecule has 1 aromatic carbocycles. The van der Waals surface area contributed by atoms with Gasteiger partial charge in [0.05, 0.1) is 26.7 Å². The zero-order valence-electron chi connectivity index (χ0n) is 20.2. The third-order valence-corrected chi connectivity index (χ3v) is 7.62. The molecule has 0 spiro atoms. The molecule has 6 nitrogen and oxygen atoms in total. The average Bonchev–Trinajstić information content (AvgIpc) is 2.81. The van der Waals surface area contributed by atoms with Crippen molar-refractivity contribution in [2.24, 2.45) is 23.7 Å². The highest BCUT2D eigenvalue weighted by molar-refractivity contribution is 5.72. The molecule has 3 aliphatic rings. The predicted molar refractivity (Wildman–Crippen MR) is 125 cm³/mol. The van der Waals surface area contributed by atoms with Crippen LogP contribution in [0.3, 0.4) is 0 Å². The molecular formula is C26H40N2O4. The molecule has 1 aromatic rings. The van der Waals surface area contributed by atoms with Crippen molar-refractivity contribution in [2.45, 2.75) is 52.0 Å². The fraction of sp³-hybridized carbons (Fsp3) is 0.731. The number of rotatable bonds is 7. The second kappa shape index (κ2) is 10.4. The summed E-state index contributed by atoms with van der Waals surface area (Å²) in [5.74, 6) is 3.19. The van der Waals surface area contributed by atoms with Crippen LogP contribution in [0.25, 0.3) is 0 Å². The molecular weight excluding hydrogens is 404 g/mol. The molecule has 0 amide bonds. The fourth-order valence-electron chi connectivity index (χ4n) is 5.94. The highest BCUT2D eigenvalue weighted by Gasteiger charge is 2.40. The Hall–Kier alpha value is -1.79. The van der Waals surface area contributed by atoms with Gasteiger partial charge in [-0.05, 0) is 79.7 Å². The van der Waals surface area contributed by atoms with Crippen LogP contribution < -0.4 is 14.8 Å². The summed E-state index contributed by atoms with van der Waals surface area (Å²) in [6.07, 6.45) is 5.23. The van der Waals surface area contributed by atoms with Gasteiger partial charge in [0, 0.05) is 25.7 Å². The quantitative estimate of drug-likeness (QED) is 0.645. The number of benzene rings is 1. The number of piperidine rings is 2. The first kappa shape index (κ1) is 23.4. The van der Waals surface area contributed by atoms with Gasteiger partial charge in [-0.3, -0.25) is 9.69 Å². The molecule has 178 valence electrons. The summed E-state index contributed by atoms with van der Waals surface area (Å²) in [5, 5.41) is 3.33. The van der Waals surface area contributed by atoms with Crippen LogP contribution in [0.5, 0.6) is 11.5 Å². The maximum absolute atomic E-state index is 12.7. The Morgan fingerprint density at radius 3 is 2.66 bits per heavy atom. The van der Waals surface area contributed by atoms with Crippen molar-refractivity contribution >= 4 is 5.97 Å². The van der Waals surface area contributed by atoms with Gasteiger partial charge in [-0.25, -0.2) is 0 Å². The molecule has 32 heavy (non-hydrogen) atoms. The van der Waals surface area contributed by atoms with E-state index in [9.17, 15) is 4.79 Å². The minimum atomic E-state index is -0.0154. The largest absolute Gasteiger partial charge is 0.493 e. The molecule has 0 aliphatic carbocycles. The first-order valence-corrected chi connectivity index (χ1v) is 12.4. The lowest BCUT2D eigenvalue weighted by molar-refractivity contribution is -0.152. The Morgan fingerprint density at radius 1 is 1.19 bits per heavy atom. The van der Waals surface area contributed by atoms with Gasteiger partial charge in [-0.1, -0.05) is 13.8 Å². The van der Waals surface area contributed by atoms with Gasteiger partial charge in [0.25, 0.3) is 0 Å². The van der Waals surface area contributed by atoms with Crippen LogP contribution in [0.2, 0.25) is 0 Å². The normalized spacial score (nSPS) is 28.0. The van der Waals surface area contributed by atoms with Crippen molar-refractivity contribution in [3.63, 3.8) is 0 Å². The number of hydrogen-bond acceptors (Lipinski definition) is 6. The number of nitrogens with one attached hydrogen (secondary N) is 1. The molecule has 6 heteroatoms. The molecule has 3 aliphatic heterocycles. The number of fused-ring (bicyclic) bond motifs is 3. The molecule has 2 saturated heterocycles. The van der Waals surface area contributed by atoms with E-state index in [-0.39, 0.29) is 11.9 Å². The van der Waals surface area contributed by atoms with Crippen molar-refractivity contribution in [1.29, 1.82) is 0 Å². The lowest BCUT2D eigenvalue weighted by Gasteiger charge is -2.47. The van der Waals surface area contributed by atoms with Crippen molar-refractivity contribution < 1.29 is 19.0 Å². The monoisotopic (exact) mass is 444 g/mol. The van der Waals surface area contributed by atoms with Crippen LogP contribution >= 0.6 is 0 Å². The summed E-state index contributed by atoms with van der Waals surface area (Å²) in [5.41, 5.74) is 2.71. The van der Waals surface area contributed by atoms with Gasteiger partial charge in [0.2, 0.25) is 0 Å². The maximum Gasteiger partial charge on any atom is 0.310 e. The number of nitrogens with zero attached hydrogens (tertiary/aromatic N) is 1. The Bertz CT molecular complexity index is 790. The molecule has 0 radical (unpaired) electrons. The second-order valence-electron chi connectivity index (χ2n) is 10.2. The van der Waals surface area contributed by atoms with Crippen molar-refractivity contribution in [1.82, 2.24) is 10.2 Å². The number of hydrogen-bond donors (Lipinski definition) is 1. The van der Waals surface area contributed by atoms with E-state index >= 15 is 0 Å². The predicted octanol–water partition coefficient (Wildman–Crippen LogP) is 3.83. The van der Waals surface area contributed by atoms with Gasteiger partial charge in [-0.2, -0.15) is 0 Å². The van der Waals surface area contributed by atoms with Crippen LogP contribution in [-0.4, -0.2) is 57.9 Å². The topological polar surface area (TPSA) is 60.0 Å². The van der Waals surface area contributed by atoms with Gasteiger partial charge in [-0.15, -0.1) is 0 Å². The fourth-order valence-corrected chi connectivity index (χ4v) is 5.94. The van der Waals surface area contributed by atoms with Gasteiger partial charge in [0.15, 0.2) is 11.5 Å². The van der Waals surface area contributed by atoms with E-state index in [1.54, 1.807) is 14.2 Å². The van der Waals surface area contributed by atoms with E-state index in [0.29, 0.717) is 30.4 Å². The summed E-state index contributed by atoms with van der Waals surface area (Å²) in [7, 11) is 3.40. The van der Waals surface area contributed by atoms with E-state index in [0.717, 1.165) is 63.4 Å². The summed E-state index contributed by atoms with van der Waals surface area (Å²) in [4.78, 5) is 15.3. The van der Waals surface area contributed by atoms with E-state index in [1.165, 1.54) is 17.5 Å². The first-order valence-electron chi connectivity index (χ1n) is 12.4. The lowest BCUT2D eigenvalue weighted by atomic mass is 9.74. The lowest BCUT2D eigenvalue weighted by Crippen LogP contribution is -2.47. The van der Waals surface area contributed by atoms with E-state index < -0.39 is 0 Å². The Labute approximate surface area is 193 Å². The zero-order valence-corrected chi connectivity index (χ0v) is 20.2. The minimum Gasteiger partial charge on any atom is -0.493 e. The van der Waals surface area contributed by atoms with Gasteiger partial charge < -0.3 is 19.5 Å². The molecule has 0 bridgehead atoms. The van der Waals surface area contributed by atoms with Crippen molar-refractivity contribution in [3.05, 3.63) is 23.3 Å². The number of methoxy groups -OCH3 is 2. The first-order chi connectivity index (χ1) is 15.5. The summed E-state index contributed by atoms with van der Waals surface area (Å²) < 4.78 is 17.1. The van der Waals surface area contributed by atoms with Crippen LogP contribution in [0, 0.1) is 23.7 Å². The number of ether oxygens (including phenoxy) is 3. The van der Waals surface area contributed by atoms with E-state index in [1.807, 2.05) is 0 Å². The number of esters is 1. The Balaban J connectivity index is 1.51. The molecule has 4 atom stereocenters. The molecule has 0 aromatic heterocycles. The van der Waals surface area contributed by atoms with Crippen LogP contribution in [-0.2, 0) is 16.0 Å². The highest BCUT2D eigenvalue weighted by Crippen LogP contribution is 2.45. The Morgan fingerprint density at radius 2 is 1.97 bits per heavy atom. The summed E-state index contributed by atoms with van der Waals surface area (Å²) >= 11 is 0. The molecule has 1 N–H and O–H groups in total. The summed E-state index contributed by atoms with van der Waals surface area (Å²) in [6.45, 7) is 9.04. The summed E-state index contributed by atoms with van der Waals surface area (Å²) in [6, 6.07) is 4.67. The Kier molecular flexibility index (Phi) is 7.62. The van der Waals surface area contributed by atoms with Crippen LogP contribution in [0.15, 0.2) is 12.1 Å². The van der Waals surface area contributed by atoms with Crippen molar-refractivity contribution in [2.75, 3.05) is 47.0 Å². The maximum atomic E-state index is 12.7. The minimum absolute atomic E-state index is 0.0134. The van der Waals surface area contributed by atoms with E-state index in [4.69, 9.17) is 14.2 Å². The standard InChI is InChI=1S/C26H40N2O4/c1-17(2)10-20-15-28-9-7-18-12-24(30-3)25(31-4)13-22(18)23(28)11-21(20)16-32-26(29)19-6-5-8-27-14-19/h12-13,17,19-21,23,27H,5-11,14-16H2,1-4H3. The van der Waals surface area contributed by atoms with Gasteiger partial charge >= 0.3 is 5.97 Å². The number of carbonyl (C=O) groups is 1. The number of carbonyl (C=O) groups excluding carboxylic acids is 1. The third kappa shape index (κ3) is 5.07. The van der Waals surface area contributed by atoms with E-state index in [2.05, 4.69) is 36.2 Å². The second-order valence-corrected chi connectivity index (χ2v) is 10.2. The zero-order chi connectivity index (χ0) is 22.7. The molecule has 4 unspecified atom stereocenters. The molecule has 2 fully saturated rings.